The van der Waals surface area contributed by atoms with Crippen molar-refractivity contribution in [3.8, 4) is 11.1 Å². The first kappa shape index (κ1) is 14.5. The van der Waals surface area contributed by atoms with Gasteiger partial charge >= 0.3 is 0 Å². The first-order chi connectivity index (χ1) is 12.2. The minimum Gasteiger partial charge on any atom is -0.339 e. The van der Waals surface area contributed by atoms with Crippen LogP contribution in [0.1, 0.15) is 27.9 Å². The van der Waals surface area contributed by atoms with Crippen molar-refractivity contribution >= 4 is 10.9 Å². The van der Waals surface area contributed by atoms with Crippen LogP contribution in [-0.2, 0) is 13.0 Å². The molecule has 1 aromatic heterocycles. The number of hydrogen-bond donors (Lipinski definition) is 0. The fraction of sp³-hybridized carbons (Fsp3) is 0.167. The smallest absolute Gasteiger partial charge is 0.0492 e. The Morgan fingerprint density at radius 3 is 2.56 bits per heavy atom. The highest BCUT2D eigenvalue weighted by molar-refractivity contribution is 6.01. The lowest BCUT2D eigenvalue weighted by Gasteiger charge is -2.12. The van der Waals surface area contributed by atoms with Crippen molar-refractivity contribution in [2.45, 2.75) is 26.8 Å². The van der Waals surface area contributed by atoms with Crippen LogP contribution in [0.25, 0.3) is 22.0 Å². The van der Waals surface area contributed by atoms with Gasteiger partial charge in [0.05, 0.1) is 0 Å². The van der Waals surface area contributed by atoms with E-state index in [-0.39, 0.29) is 0 Å². The number of aromatic nitrogens is 1. The van der Waals surface area contributed by atoms with E-state index in [0.29, 0.717) is 0 Å². The Hall–Kier alpha value is -2.80. The van der Waals surface area contributed by atoms with Gasteiger partial charge in [-0.05, 0) is 48.2 Å². The largest absolute Gasteiger partial charge is 0.339 e. The van der Waals surface area contributed by atoms with Gasteiger partial charge in [0.1, 0.15) is 0 Å². The van der Waals surface area contributed by atoms with Gasteiger partial charge in [-0.2, -0.15) is 0 Å². The minimum absolute atomic E-state index is 0.940. The quantitative estimate of drug-likeness (QED) is 0.382. The zero-order valence-corrected chi connectivity index (χ0v) is 14.7. The van der Waals surface area contributed by atoms with E-state index in [1.165, 1.54) is 50.0 Å². The zero-order chi connectivity index (χ0) is 17.0. The van der Waals surface area contributed by atoms with Crippen LogP contribution >= 0.6 is 0 Å². The van der Waals surface area contributed by atoms with Crippen molar-refractivity contribution in [1.29, 1.82) is 0 Å². The molecule has 1 nitrogen and oxygen atoms in total. The molecular weight excluding hydrogens is 302 g/mol. The lowest BCUT2D eigenvalue weighted by molar-refractivity contribution is 0.787. The van der Waals surface area contributed by atoms with E-state index < -0.39 is 0 Å². The van der Waals surface area contributed by atoms with Crippen LogP contribution in [0.5, 0.6) is 0 Å². The molecule has 122 valence electrons. The van der Waals surface area contributed by atoms with Crippen molar-refractivity contribution in [2.24, 2.45) is 0 Å². The Labute approximate surface area is 148 Å². The van der Waals surface area contributed by atoms with Gasteiger partial charge in [-0.25, -0.2) is 0 Å². The summed E-state index contributed by atoms with van der Waals surface area (Å²) in [5.41, 5.74) is 11.2. The summed E-state index contributed by atoms with van der Waals surface area (Å²) in [6, 6.07) is 24.5. The number of nitrogens with zero attached hydrogens (tertiary/aromatic N) is 1. The van der Waals surface area contributed by atoms with Crippen LogP contribution < -0.4 is 0 Å². The third kappa shape index (κ3) is 2.16. The molecule has 3 aromatic carbocycles. The van der Waals surface area contributed by atoms with Gasteiger partial charge in [-0.3, -0.25) is 0 Å². The second kappa shape index (κ2) is 5.35. The predicted octanol–water partition coefficient (Wildman–Crippen LogP) is 5.88. The molecule has 4 aromatic rings. The van der Waals surface area contributed by atoms with Crippen LogP contribution in [0.2, 0.25) is 0 Å². The Morgan fingerprint density at radius 2 is 1.68 bits per heavy atom. The van der Waals surface area contributed by atoms with Crippen molar-refractivity contribution in [2.75, 3.05) is 0 Å². The SMILES string of the molecule is Cc1ccc2c(c1)c1c(n2Cc2ccccc2C)Cc2ccccc2-1. The van der Waals surface area contributed by atoms with Crippen molar-refractivity contribution in [1.82, 2.24) is 4.57 Å². The lowest BCUT2D eigenvalue weighted by atomic mass is 10.0. The summed E-state index contributed by atoms with van der Waals surface area (Å²) in [6.45, 7) is 5.33. The Morgan fingerprint density at radius 1 is 0.880 bits per heavy atom. The van der Waals surface area contributed by atoms with E-state index in [1.54, 1.807) is 0 Å². The summed E-state index contributed by atoms with van der Waals surface area (Å²) in [6.07, 6.45) is 1.03. The summed E-state index contributed by atoms with van der Waals surface area (Å²) in [4.78, 5) is 0. The van der Waals surface area contributed by atoms with E-state index in [0.717, 1.165) is 13.0 Å². The first-order valence-electron chi connectivity index (χ1n) is 8.97. The molecule has 0 amide bonds. The monoisotopic (exact) mass is 323 g/mol. The van der Waals surface area contributed by atoms with E-state index in [9.17, 15) is 0 Å². The molecule has 25 heavy (non-hydrogen) atoms. The fourth-order valence-corrected chi connectivity index (χ4v) is 4.24. The van der Waals surface area contributed by atoms with Crippen molar-refractivity contribution < 1.29 is 0 Å². The topological polar surface area (TPSA) is 4.93 Å². The standard InChI is InChI=1S/C24H21N/c1-16-11-12-22-21(13-16)24-20-10-6-5-8-18(20)14-23(24)25(22)15-19-9-4-3-7-17(19)2/h3-13H,14-15H2,1-2H3. The molecule has 1 heteroatoms. The Balaban J connectivity index is 1.78. The van der Waals surface area contributed by atoms with Crippen LogP contribution in [0.15, 0.2) is 66.7 Å². The van der Waals surface area contributed by atoms with E-state index >= 15 is 0 Å². The molecule has 1 aliphatic carbocycles. The second-order valence-corrected chi connectivity index (χ2v) is 7.19. The van der Waals surface area contributed by atoms with Crippen molar-refractivity contribution in [3.05, 3.63) is 94.7 Å². The molecule has 5 rings (SSSR count). The molecule has 0 aliphatic heterocycles. The number of rotatable bonds is 2. The summed E-state index contributed by atoms with van der Waals surface area (Å²) in [5, 5.41) is 1.40. The highest BCUT2D eigenvalue weighted by Crippen LogP contribution is 2.43. The maximum atomic E-state index is 2.53. The van der Waals surface area contributed by atoms with E-state index in [1.807, 2.05) is 0 Å². The lowest BCUT2D eigenvalue weighted by Crippen LogP contribution is -2.05. The van der Waals surface area contributed by atoms with E-state index in [2.05, 4.69) is 85.1 Å². The summed E-state index contributed by atoms with van der Waals surface area (Å²) in [5.74, 6) is 0. The average molecular weight is 323 g/mol. The molecule has 0 bridgehead atoms. The number of benzene rings is 3. The normalized spacial score (nSPS) is 12.4. The summed E-state index contributed by atoms with van der Waals surface area (Å²) in [7, 11) is 0. The number of hydrogen-bond acceptors (Lipinski definition) is 0. The van der Waals surface area contributed by atoms with E-state index in [4.69, 9.17) is 0 Å². The number of fused-ring (bicyclic) bond motifs is 5. The fourth-order valence-electron chi connectivity index (χ4n) is 4.24. The highest BCUT2D eigenvalue weighted by atomic mass is 15.0. The van der Waals surface area contributed by atoms with Gasteiger partial charge in [0.25, 0.3) is 0 Å². The molecule has 1 heterocycles. The molecule has 0 radical (unpaired) electrons. The van der Waals surface area contributed by atoms with Gasteiger partial charge in [-0.1, -0.05) is 60.2 Å². The molecule has 0 atom stereocenters. The van der Waals surface area contributed by atoms with Gasteiger partial charge in [0, 0.05) is 35.1 Å². The van der Waals surface area contributed by atoms with Gasteiger partial charge < -0.3 is 4.57 Å². The maximum Gasteiger partial charge on any atom is 0.0492 e. The van der Waals surface area contributed by atoms with Crippen LogP contribution in [0.3, 0.4) is 0 Å². The summed E-state index contributed by atoms with van der Waals surface area (Å²) < 4.78 is 2.53. The van der Waals surface area contributed by atoms with Crippen molar-refractivity contribution in [3.63, 3.8) is 0 Å². The first-order valence-corrected chi connectivity index (χ1v) is 8.97. The molecule has 0 N–H and O–H groups in total. The average Bonchev–Trinajstić information content (AvgIpc) is 3.13. The molecule has 0 spiro atoms. The molecular formula is C24H21N. The van der Waals surface area contributed by atoms with Crippen LogP contribution in [0.4, 0.5) is 0 Å². The Kier molecular flexibility index (Phi) is 3.11. The Bertz CT molecular complexity index is 1110. The van der Waals surface area contributed by atoms with Gasteiger partial charge in [-0.15, -0.1) is 0 Å². The molecule has 0 saturated carbocycles. The van der Waals surface area contributed by atoms with Crippen LogP contribution in [0, 0.1) is 13.8 Å². The molecule has 0 unspecified atom stereocenters. The third-order valence-electron chi connectivity index (χ3n) is 5.56. The third-order valence-corrected chi connectivity index (χ3v) is 5.56. The summed E-state index contributed by atoms with van der Waals surface area (Å²) >= 11 is 0. The molecule has 0 saturated heterocycles. The zero-order valence-electron chi connectivity index (χ0n) is 14.7. The predicted molar refractivity (Wildman–Crippen MR) is 105 cm³/mol. The molecule has 0 fully saturated rings. The van der Waals surface area contributed by atoms with Gasteiger partial charge in [0.15, 0.2) is 0 Å². The maximum absolute atomic E-state index is 2.53. The van der Waals surface area contributed by atoms with Gasteiger partial charge in [0.2, 0.25) is 0 Å². The second-order valence-electron chi connectivity index (χ2n) is 7.19. The highest BCUT2D eigenvalue weighted by Gasteiger charge is 2.26. The minimum atomic E-state index is 0.940. The number of aryl methyl sites for hydroxylation is 2. The molecule has 1 aliphatic rings. The van der Waals surface area contributed by atoms with Crippen LogP contribution in [-0.4, -0.2) is 4.57 Å².